The van der Waals surface area contributed by atoms with Crippen LogP contribution in [0, 0.1) is 6.92 Å². The van der Waals surface area contributed by atoms with Crippen LogP contribution in [0.3, 0.4) is 0 Å². The summed E-state index contributed by atoms with van der Waals surface area (Å²) in [7, 11) is 1.59. The van der Waals surface area contributed by atoms with Crippen LogP contribution in [0.2, 0.25) is 0 Å². The molecule has 0 spiro atoms. The smallest absolute Gasteiger partial charge is 0.266 e. The summed E-state index contributed by atoms with van der Waals surface area (Å²) in [6.07, 6.45) is 0. The molecule has 3 aromatic carbocycles. The van der Waals surface area contributed by atoms with E-state index in [1.54, 1.807) is 17.7 Å². The first-order valence-electron chi connectivity index (χ1n) is 11.6. The highest BCUT2D eigenvalue weighted by atomic mass is 32.2. The van der Waals surface area contributed by atoms with Crippen molar-refractivity contribution in [1.82, 2.24) is 14.5 Å². The molecule has 2 aromatic heterocycles. The second kappa shape index (κ2) is 10.3. The molecule has 0 aliphatic carbocycles. The summed E-state index contributed by atoms with van der Waals surface area (Å²) < 4.78 is 18.9. The third kappa shape index (κ3) is 4.47. The van der Waals surface area contributed by atoms with Crippen LogP contribution >= 0.6 is 11.8 Å². The Labute approximate surface area is 212 Å². The summed E-state index contributed by atoms with van der Waals surface area (Å²) in [6, 6.07) is 22.4. The number of aromatic nitrogens is 3. The van der Waals surface area contributed by atoms with Crippen molar-refractivity contribution in [3.8, 4) is 28.6 Å². The highest BCUT2D eigenvalue weighted by Gasteiger charge is 2.19. The Kier molecular flexibility index (Phi) is 6.77. The first kappa shape index (κ1) is 23.7. The van der Waals surface area contributed by atoms with Gasteiger partial charge in [-0.2, -0.15) is 0 Å². The molecule has 0 radical (unpaired) electrons. The minimum atomic E-state index is -0.157. The molecule has 8 heteroatoms. The zero-order chi connectivity index (χ0) is 25.1. The lowest BCUT2D eigenvalue weighted by Crippen LogP contribution is -2.22. The van der Waals surface area contributed by atoms with Crippen LogP contribution in [-0.2, 0) is 5.75 Å². The minimum Gasteiger partial charge on any atom is -0.495 e. The van der Waals surface area contributed by atoms with Gasteiger partial charge in [0.2, 0.25) is 5.89 Å². The topological polar surface area (TPSA) is 79.4 Å². The van der Waals surface area contributed by atoms with E-state index in [1.807, 2.05) is 80.6 Å². The molecule has 0 atom stereocenters. The van der Waals surface area contributed by atoms with Gasteiger partial charge in [-0.05, 0) is 50.2 Å². The number of aryl methyl sites for hydroxylation is 1. The number of hydrogen-bond donors (Lipinski definition) is 0. The molecule has 2 heterocycles. The van der Waals surface area contributed by atoms with Gasteiger partial charge in [0.15, 0.2) is 5.16 Å². The van der Waals surface area contributed by atoms with E-state index >= 15 is 0 Å². The van der Waals surface area contributed by atoms with Crippen molar-refractivity contribution in [2.75, 3.05) is 13.7 Å². The highest BCUT2D eigenvalue weighted by molar-refractivity contribution is 7.98. The van der Waals surface area contributed by atoms with Gasteiger partial charge in [-0.15, -0.1) is 0 Å². The van der Waals surface area contributed by atoms with Crippen LogP contribution in [-0.4, -0.2) is 28.3 Å². The van der Waals surface area contributed by atoms with E-state index in [0.29, 0.717) is 51.5 Å². The van der Waals surface area contributed by atoms with Gasteiger partial charge in [0.1, 0.15) is 17.3 Å². The molecule has 36 heavy (non-hydrogen) atoms. The SMILES string of the molecule is CCOc1ccccc1-c1nc(CSc2nc3ccccc3c(=O)n2-c2ccccc2OC)c(C)o1. The number of rotatable bonds is 8. The minimum absolute atomic E-state index is 0.157. The molecule has 0 amide bonds. The van der Waals surface area contributed by atoms with Gasteiger partial charge in [0.25, 0.3) is 5.56 Å². The molecule has 0 aliphatic heterocycles. The molecule has 5 aromatic rings. The van der Waals surface area contributed by atoms with Gasteiger partial charge in [-0.25, -0.2) is 9.97 Å². The summed E-state index contributed by atoms with van der Waals surface area (Å²) >= 11 is 1.42. The molecular formula is C28H25N3O4S. The first-order chi connectivity index (χ1) is 17.6. The van der Waals surface area contributed by atoms with Crippen molar-refractivity contribution < 1.29 is 13.9 Å². The number of para-hydroxylation sites is 4. The Morgan fingerprint density at radius 1 is 0.944 bits per heavy atom. The zero-order valence-electron chi connectivity index (χ0n) is 20.2. The predicted octanol–water partition coefficient (Wildman–Crippen LogP) is 6.05. The van der Waals surface area contributed by atoms with E-state index in [4.69, 9.17) is 23.9 Å². The van der Waals surface area contributed by atoms with Crippen molar-refractivity contribution in [2.24, 2.45) is 0 Å². The third-order valence-electron chi connectivity index (χ3n) is 5.72. The number of fused-ring (bicyclic) bond motifs is 1. The average Bonchev–Trinajstić information content (AvgIpc) is 3.28. The third-order valence-corrected chi connectivity index (χ3v) is 6.67. The van der Waals surface area contributed by atoms with Gasteiger partial charge in [-0.3, -0.25) is 9.36 Å². The van der Waals surface area contributed by atoms with Crippen molar-refractivity contribution in [2.45, 2.75) is 24.8 Å². The summed E-state index contributed by atoms with van der Waals surface area (Å²) in [5.74, 6) is 2.98. The quantitative estimate of drug-likeness (QED) is 0.190. The molecular weight excluding hydrogens is 474 g/mol. The Balaban J connectivity index is 1.55. The summed E-state index contributed by atoms with van der Waals surface area (Å²) in [5, 5.41) is 1.09. The predicted molar refractivity (Wildman–Crippen MR) is 141 cm³/mol. The van der Waals surface area contributed by atoms with Crippen LogP contribution in [0.5, 0.6) is 11.5 Å². The van der Waals surface area contributed by atoms with Gasteiger partial charge in [0.05, 0.1) is 41.6 Å². The molecule has 7 nitrogen and oxygen atoms in total. The van der Waals surface area contributed by atoms with Crippen LogP contribution < -0.4 is 15.0 Å². The lowest BCUT2D eigenvalue weighted by Gasteiger charge is -2.15. The summed E-state index contributed by atoms with van der Waals surface area (Å²) in [4.78, 5) is 23.2. The number of thioether (sulfide) groups is 1. The Hall–Kier alpha value is -4.04. The van der Waals surface area contributed by atoms with Crippen molar-refractivity contribution in [3.05, 3.63) is 94.6 Å². The fourth-order valence-corrected chi connectivity index (χ4v) is 4.98. The monoisotopic (exact) mass is 499 g/mol. The van der Waals surface area contributed by atoms with Crippen molar-refractivity contribution in [1.29, 1.82) is 0 Å². The number of hydrogen-bond acceptors (Lipinski definition) is 7. The fourth-order valence-electron chi connectivity index (χ4n) is 3.97. The van der Waals surface area contributed by atoms with E-state index in [2.05, 4.69) is 0 Å². The number of oxazole rings is 1. The maximum atomic E-state index is 13.6. The standard InChI is InChI=1S/C28H25N3O4S/c1-4-34-24-15-9-6-12-20(24)26-29-22(18(2)35-26)17-36-28-30-21-13-7-5-11-19(21)27(32)31(28)23-14-8-10-16-25(23)33-3/h5-16H,4,17H2,1-3H3. The molecule has 0 aliphatic rings. The molecule has 0 N–H and O–H groups in total. The van der Waals surface area contributed by atoms with Crippen LogP contribution in [0.4, 0.5) is 0 Å². The van der Waals surface area contributed by atoms with E-state index in [-0.39, 0.29) is 5.56 Å². The summed E-state index contributed by atoms with van der Waals surface area (Å²) in [5.41, 5.74) is 2.69. The lowest BCUT2D eigenvalue weighted by atomic mass is 10.2. The fraction of sp³-hybridized carbons (Fsp3) is 0.179. The Morgan fingerprint density at radius 3 is 2.47 bits per heavy atom. The van der Waals surface area contributed by atoms with Crippen LogP contribution in [0.1, 0.15) is 18.4 Å². The van der Waals surface area contributed by atoms with E-state index in [1.165, 1.54) is 11.8 Å². The Morgan fingerprint density at radius 2 is 1.67 bits per heavy atom. The van der Waals surface area contributed by atoms with Crippen molar-refractivity contribution in [3.63, 3.8) is 0 Å². The molecule has 0 fully saturated rings. The molecule has 182 valence electrons. The maximum Gasteiger partial charge on any atom is 0.266 e. The zero-order valence-corrected chi connectivity index (χ0v) is 21.0. The number of nitrogens with zero attached hydrogens (tertiary/aromatic N) is 3. The second-order valence-corrected chi connectivity index (χ2v) is 8.91. The van der Waals surface area contributed by atoms with Gasteiger partial charge < -0.3 is 13.9 Å². The molecule has 0 bridgehead atoms. The number of benzene rings is 3. The van der Waals surface area contributed by atoms with E-state index in [9.17, 15) is 4.79 Å². The first-order valence-corrected chi connectivity index (χ1v) is 12.6. The maximum absolute atomic E-state index is 13.6. The Bertz CT molecular complexity index is 1590. The summed E-state index contributed by atoms with van der Waals surface area (Å²) in [6.45, 7) is 4.38. The van der Waals surface area contributed by atoms with Crippen LogP contribution in [0.15, 0.2) is 87.2 Å². The van der Waals surface area contributed by atoms with Gasteiger partial charge >= 0.3 is 0 Å². The van der Waals surface area contributed by atoms with E-state index < -0.39 is 0 Å². The van der Waals surface area contributed by atoms with E-state index in [0.717, 1.165) is 17.0 Å². The molecule has 0 saturated heterocycles. The largest absolute Gasteiger partial charge is 0.495 e. The number of methoxy groups -OCH3 is 1. The molecule has 5 rings (SSSR count). The molecule has 0 unspecified atom stereocenters. The van der Waals surface area contributed by atoms with Gasteiger partial charge in [0, 0.05) is 5.75 Å². The average molecular weight is 500 g/mol. The number of ether oxygens (including phenoxy) is 2. The van der Waals surface area contributed by atoms with Gasteiger partial charge in [-0.1, -0.05) is 48.2 Å². The highest BCUT2D eigenvalue weighted by Crippen LogP contribution is 2.33. The normalized spacial score (nSPS) is 11.1. The second-order valence-electron chi connectivity index (χ2n) is 7.96. The van der Waals surface area contributed by atoms with Crippen LogP contribution in [0.25, 0.3) is 28.0 Å². The van der Waals surface area contributed by atoms with Crippen molar-refractivity contribution >= 4 is 22.7 Å². The molecule has 0 saturated carbocycles. The lowest BCUT2D eigenvalue weighted by molar-refractivity contribution is 0.340.